The second kappa shape index (κ2) is 8.41. The van der Waals surface area contributed by atoms with E-state index < -0.39 is 12.0 Å². The van der Waals surface area contributed by atoms with E-state index in [0.717, 1.165) is 4.57 Å². The monoisotopic (exact) mass is 383 g/mol. The number of nitrogens with two attached hydrogens (primary N) is 1. The van der Waals surface area contributed by atoms with E-state index in [4.69, 9.17) is 5.73 Å². The molecule has 27 heavy (non-hydrogen) atoms. The van der Waals surface area contributed by atoms with Gasteiger partial charge in [-0.1, -0.05) is 20.8 Å². The first-order valence-corrected chi connectivity index (χ1v) is 8.79. The number of nitrogens with zero attached hydrogens (tertiary/aromatic N) is 3. The van der Waals surface area contributed by atoms with E-state index in [9.17, 15) is 18.0 Å². The van der Waals surface area contributed by atoms with E-state index >= 15 is 0 Å². The van der Waals surface area contributed by atoms with Crippen LogP contribution in [0.15, 0.2) is 24.3 Å². The van der Waals surface area contributed by atoms with Gasteiger partial charge >= 0.3 is 6.18 Å². The Kier molecular flexibility index (Phi) is 6.45. The minimum atomic E-state index is -4.55. The molecule has 0 fully saturated rings. The van der Waals surface area contributed by atoms with Crippen LogP contribution in [-0.4, -0.2) is 20.7 Å². The highest BCUT2D eigenvalue weighted by atomic mass is 19.4. The van der Waals surface area contributed by atoms with Crippen LogP contribution >= 0.6 is 0 Å². The van der Waals surface area contributed by atoms with Crippen molar-refractivity contribution in [2.24, 2.45) is 11.8 Å². The Balaban J connectivity index is 2.00. The fraction of sp³-hybridized carbons (Fsp3) is 0.500. The van der Waals surface area contributed by atoms with Gasteiger partial charge in [-0.15, -0.1) is 10.2 Å². The number of nitrogen functional groups attached to an aromatic ring is 1. The van der Waals surface area contributed by atoms with Crippen LogP contribution < -0.4 is 11.1 Å². The number of benzene rings is 1. The average molecular weight is 383 g/mol. The normalized spacial score (nSPS) is 14.0. The molecule has 2 rings (SSSR count). The van der Waals surface area contributed by atoms with Crippen LogP contribution in [0, 0.1) is 11.8 Å². The predicted octanol–water partition coefficient (Wildman–Crippen LogP) is 3.74. The Morgan fingerprint density at radius 2 is 1.85 bits per heavy atom. The third-order valence-corrected chi connectivity index (χ3v) is 4.65. The molecule has 148 valence electrons. The van der Waals surface area contributed by atoms with E-state index in [1.807, 2.05) is 6.92 Å². The molecule has 6 nitrogen and oxygen atoms in total. The van der Waals surface area contributed by atoms with Gasteiger partial charge in [0.2, 0.25) is 11.7 Å². The van der Waals surface area contributed by atoms with Crippen molar-refractivity contribution in [3.63, 3.8) is 0 Å². The van der Waals surface area contributed by atoms with Gasteiger partial charge in [-0.25, -0.2) is 0 Å². The zero-order valence-electron chi connectivity index (χ0n) is 15.5. The van der Waals surface area contributed by atoms with Crippen LogP contribution in [-0.2, 0) is 23.9 Å². The number of hydrogen-bond donors (Lipinski definition) is 2. The smallest absolute Gasteiger partial charge is 0.399 e. The van der Waals surface area contributed by atoms with Crippen LogP contribution in [0.25, 0.3) is 0 Å². The standard InChI is InChI=1S/C18H24F3N5O/c1-4-15-24-25-17(18(19,20)21)26(15)10-9-11(2)12(3)16(27)23-14-7-5-13(22)6-8-14/h5-8,11-12H,4,9-10,22H2,1-3H3,(H,23,27). The lowest BCUT2D eigenvalue weighted by Crippen LogP contribution is -2.27. The summed E-state index contributed by atoms with van der Waals surface area (Å²) in [5.74, 6) is -1.41. The molecule has 2 aromatic rings. The molecular formula is C18H24F3N5O. The molecule has 1 aromatic carbocycles. The van der Waals surface area contributed by atoms with E-state index in [1.165, 1.54) is 0 Å². The summed E-state index contributed by atoms with van der Waals surface area (Å²) < 4.78 is 40.3. The first-order chi connectivity index (χ1) is 12.6. The number of carbonyl (C=O) groups is 1. The summed E-state index contributed by atoms with van der Waals surface area (Å²) in [6, 6.07) is 6.76. The van der Waals surface area contributed by atoms with E-state index in [0.29, 0.717) is 24.2 Å². The van der Waals surface area contributed by atoms with Gasteiger partial charge < -0.3 is 15.6 Å². The predicted molar refractivity (Wildman–Crippen MR) is 96.8 cm³/mol. The van der Waals surface area contributed by atoms with E-state index in [-0.39, 0.29) is 30.1 Å². The number of rotatable bonds is 7. The Bertz CT molecular complexity index is 770. The molecule has 0 aliphatic heterocycles. The van der Waals surface area contributed by atoms with Crippen LogP contribution in [0.5, 0.6) is 0 Å². The van der Waals surface area contributed by atoms with Crippen molar-refractivity contribution in [3.8, 4) is 0 Å². The highest BCUT2D eigenvalue weighted by molar-refractivity contribution is 5.92. The molecule has 0 bridgehead atoms. The molecule has 1 amide bonds. The number of aryl methyl sites for hydroxylation is 1. The summed E-state index contributed by atoms with van der Waals surface area (Å²) >= 11 is 0. The largest absolute Gasteiger partial charge is 0.451 e. The van der Waals surface area contributed by atoms with Crippen LogP contribution in [0.3, 0.4) is 0 Å². The Hall–Kier alpha value is -2.58. The molecule has 3 N–H and O–H groups in total. The summed E-state index contributed by atoms with van der Waals surface area (Å²) in [5, 5.41) is 9.70. The van der Waals surface area contributed by atoms with Crippen LogP contribution in [0.1, 0.15) is 38.8 Å². The van der Waals surface area contributed by atoms with Gasteiger partial charge in [0.25, 0.3) is 0 Å². The first kappa shape index (κ1) is 20.7. The van der Waals surface area contributed by atoms with Gasteiger partial charge in [-0.05, 0) is 36.6 Å². The number of anilines is 2. The number of amides is 1. The molecular weight excluding hydrogens is 359 g/mol. The van der Waals surface area contributed by atoms with Crippen LogP contribution in [0.2, 0.25) is 0 Å². The zero-order chi connectivity index (χ0) is 20.2. The molecule has 0 saturated carbocycles. The molecule has 2 unspecified atom stereocenters. The maximum absolute atomic E-state index is 13.1. The highest BCUT2D eigenvalue weighted by Gasteiger charge is 2.38. The quantitative estimate of drug-likeness (QED) is 0.713. The van der Waals surface area contributed by atoms with Gasteiger partial charge in [0.1, 0.15) is 5.82 Å². The summed E-state index contributed by atoms with van der Waals surface area (Å²) in [6.07, 6.45) is -3.81. The molecule has 9 heteroatoms. The number of alkyl halides is 3. The summed E-state index contributed by atoms with van der Waals surface area (Å²) in [7, 11) is 0. The number of carbonyl (C=O) groups excluding carboxylic acids is 1. The fourth-order valence-electron chi connectivity index (χ4n) is 2.71. The number of aromatic nitrogens is 3. The molecule has 0 saturated heterocycles. The fourth-order valence-corrected chi connectivity index (χ4v) is 2.71. The minimum absolute atomic E-state index is 0.103. The van der Waals surface area contributed by atoms with Crippen molar-refractivity contribution in [2.75, 3.05) is 11.1 Å². The average Bonchev–Trinajstić information content (AvgIpc) is 3.04. The Morgan fingerprint density at radius 3 is 2.41 bits per heavy atom. The lowest BCUT2D eigenvalue weighted by Gasteiger charge is -2.21. The van der Waals surface area contributed by atoms with E-state index in [1.54, 1.807) is 38.1 Å². The summed E-state index contributed by atoms with van der Waals surface area (Å²) in [4.78, 5) is 12.4. The molecule has 0 spiro atoms. The van der Waals surface area contributed by atoms with Crippen molar-refractivity contribution in [3.05, 3.63) is 35.9 Å². The van der Waals surface area contributed by atoms with Gasteiger partial charge in [0.05, 0.1) is 0 Å². The number of nitrogens with one attached hydrogen (secondary N) is 1. The first-order valence-electron chi connectivity index (χ1n) is 8.79. The van der Waals surface area contributed by atoms with Gasteiger partial charge in [-0.2, -0.15) is 13.2 Å². The minimum Gasteiger partial charge on any atom is -0.399 e. The van der Waals surface area contributed by atoms with Gasteiger partial charge in [0, 0.05) is 30.3 Å². The van der Waals surface area contributed by atoms with Crippen LogP contribution in [0.4, 0.5) is 24.5 Å². The van der Waals surface area contributed by atoms with E-state index in [2.05, 4.69) is 15.5 Å². The SMILES string of the molecule is CCc1nnc(C(F)(F)F)n1CCC(C)C(C)C(=O)Nc1ccc(N)cc1. The molecule has 0 aliphatic rings. The maximum atomic E-state index is 13.1. The Labute approximate surface area is 156 Å². The molecule has 0 radical (unpaired) electrons. The van der Waals surface area contributed by atoms with Gasteiger partial charge in [0.15, 0.2) is 0 Å². The molecule has 1 heterocycles. The third-order valence-electron chi connectivity index (χ3n) is 4.65. The van der Waals surface area contributed by atoms with Crippen molar-refractivity contribution >= 4 is 17.3 Å². The third kappa shape index (κ3) is 5.21. The molecule has 0 aliphatic carbocycles. The van der Waals surface area contributed by atoms with Gasteiger partial charge in [-0.3, -0.25) is 4.79 Å². The second-order valence-electron chi connectivity index (χ2n) is 6.61. The van der Waals surface area contributed by atoms with Crippen molar-refractivity contribution in [1.29, 1.82) is 0 Å². The summed E-state index contributed by atoms with van der Waals surface area (Å²) in [5.41, 5.74) is 6.83. The molecule has 1 aromatic heterocycles. The zero-order valence-corrected chi connectivity index (χ0v) is 15.5. The lowest BCUT2D eigenvalue weighted by atomic mass is 9.92. The lowest BCUT2D eigenvalue weighted by molar-refractivity contribution is -0.147. The Morgan fingerprint density at radius 1 is 1.22 bits per heavy atom. The number of halogens is 3. The maximum Gasteiger partial charge on any atom is 0.451 e. The topological polar surface area (TPSA) is 85.8 Å². The van der Waals surface area contributed by atoms with Crippen molar-refractivity contribution < 1.29 is 18.0 Å². The van der Waals surface area contributed by atoms with Crippen molar-refractivity contribution in [2.45, 2.75) is 46.3 Å². The second-order valence-corrected chi connectivity index (χ2v) is 6.61. The summed E-state index contributed by atoms with van der Waals surface area (Å²) in [6.45, 7) is 5.43. The highest BCUT2D eigenvalue weighted by Crippen LogP contribution is 2.29. The number of hydrogen-bond acceptors (Lipinski definition) is 4. The molecule has 2 atom stereocenters. The van der Waals surface area contributed by atoms with Crippen molar-refractivity contribution in [1.82, 2.24) is 14.8 Å².